The lowest BCUT2D eigenvalue weighted by atomic mass is 10.1. The van der Waals surface area contributed by atoms with Crippen LogP contribution in [0.4, 0.5) is 11.8 Å². The maximum Gasteiger partial charge on any atom is 0.259 e. The van der Waals surface area contributed by atoms with Crippen molar-refractivity contribution < 1.29 is 9.53 Å². The molecule has 1 aliphatic rings. The van der Waals surface area contributed by atoms with E-state index in [2.05, 4.69) is 32.7 Å². The third-order valence-electron chi connectivity index (χ3n) is 6.09. The first-order chi connectivity index (χ1) is 17.1. The van der Waals surface area contributed by atoms with E-state index in [0.717, 1.165) is 36.4 Å². The van der Waals surface area contributed by atoms with Crippen molar-refractivity contribution in [3.05, 3.63) is 77.5 Å². The highest BCUT2D eigenvalue weighted by molar-refractivity contribution is 7.59. The van der Waals surface area contributed by atoms with E-state index in [-0.39, 0.29) is 25.5 Å². The molecule has 0 unspecified atom stereocenters. The number of hydrogen-bond acceptors (Lipinski definition) is 7. The summed E-state index contributed by atoms with van der Waals surface area (Å²) in [7, 11) is 3.91. The molecule has 3 aromatic rings. The predicted molar refractivity (Wildman–Crippen MR) is 149 cm³/mol. The Hall–Kier alpha value is -3.30. The minimum Gasteiger partial charge on any atom is -0.486 e. The fourth-order valence-corrected chi connectivity index (χ4v) is 4.15. The highest BCUT2D eigenvalue weighted by atomic mass is 32.1. The quantitative estimate of drug-likeness (QED) is 0.431. The highest BCUT2D eigenvalue weighted by Gasteiger charge is 2.27. The van der Waals surface area contributed by atoms with Crippen molar-refractivity contribution in [2.24, 2.45) is 0 Å². The summed E-state index contributed by atoms with van der Waals surface area (Å²) in [5.41, 5.74) is 2.74. The minimum atomic E-state index is -0.0519. The lowest BCUT2D eigenvalue weighted by Gasteiger charge is -2.22. The molecule has 0 radical (unpaired) electrons. The third-order valence-corrected chi connectivity index (χ3v) is 6.09. The van der Waals surface area contributed by atoms with Gasteiger partial charge < -0.3 is 25.2 Å². The lowest BCUT2D eigenvalue weighted by Crippen LogP contribution is -2.33. The molecule has 36 heavy (non-hydrogen) atoms. The number of benzene rings is 2. The number of ether oxygens (including phenoxy) is 1. The molecule has 1 aromatic heterocycles. The monoisotopic (exact) mass is 508 g/mol. The van der Waals surface area contributed by atoms with Crippen LogP contribution in [0.5, 0.6) is 5.75 Å². The van der Waals surface area contributed by atoms with Gasteiger partial charge >= 0.3 is 0 Å². The summed E-state index contributed by atoms with van der Waals surface area (Å²) in [5.74, 6) is 1.97. The zero-order valence-corrected chi connectivity index (χ0v) is 22.2. The molecule has 0 saturated carbocycles. The number of carbonyl (C=O) groups is 1. The van der Waals surface area contributed by atoms with Crippen molar-refractivity contribution in [3.63, 3.8) is 0 Å². The molecule has 8 nitrogen and oxygen atoms in total. The molecule has 0 spiro atoms. The smallest absolute Gasteiger partial charge is 0.259 e. The van der Waals surface area contributed by atoms with Crippen LogP contribution in [0.25, 0.3) is 0 Å². The molecule has 1 aliphatic heterocycles. The van der Waals surface area contributed by atoms with Crippen LogP contribution in [0.2, 0.25) is 0 Å². The standard InChI is InChI=1S/C27H34N6O2.H2S/c1-4-29-27-30-18-23-25(31-27)32(3)16-17-33(26(23)34)19-20-10-12-22(13-11-20)35-24(14-15-28-2)21-8-6-5-7-9-21;/h5-13,18,24,28H,4,14-17,19H2,1-3H3,(H,29,30,31);1H2/t24-;/m0./s1. The van der Waals surface area contributed by atoms with E-state index >= 15 is 0 Å². The molecule has 0 saturated heterocycles. The topological polar surface area (TPSA) is 82.6 Å². The molecule has 1 amide bonds. The van der Waals surface area contributed by atoms with Crippen LogP contribution in [-0.4, -0.2) is 61.0 Å². The Morgan fingerprint density at radius 1 is 1.08 bits per heavy atom. The molecular weight excluding hydrogens is 472 g/mol. The summed E-state index contributed by atoms with van der Waals surface area (Å²) in [5, 5.41) is 6.32. The van der Waals surface area contributed by atoms with E-state index < -0.39 is 0 Å². The van der Waals surface area contributed by atoms with E-state index in [0.29, 0.717) is 37.0 Å². The largest absolute Gasteiger partial charge is 0.486 e. The van der Waals surface area contributed by atoms with Crippen LogP contribution in [0, 0.1) is 0 Å². The van der Waals surface area contributed by atoms with Gasteiger partial charge in [0.25, 0.3) is 5.91 Å². The number of amides is 1. The van der Waals surface area contributed by atoms with Gasteiger partial charge in [0.05, 0.1) is 0 Å². The van der Waals surface area contributed by atoms with Crippen molar-refractivity contribution in [1.82, 2.24) is 20.2 Å². The average molecular weight is 509 g/mol. The Kier molecular flexibility index (Phi) is 9.95. The van der Waals surface area contributed by atoms with Crippen LogP contribution in [0.3, 0.4) is 0 Å². The first kappa shape index (κ1) is 27.3. The van der Waals surface area contributed by atoms with Gasteiger partial charge in [-0.05, 0) is 43.8 Å². The SMILES string of the molecule is CCNc1ncc2c(n1)N(C)CCN(Cc1ccc(O[C@@H](CCNC)c3ccccc3)cc1)C2=O.S. The van der Waals surface area contributed by atoms with Gasteiger partial charge in [0.2, 0.25) is 5.95 Å². The van der Waals surface area contributed by atoms with Gasteiger partial charge in [-0.3, -0.25) is 4.79 Å². The maximum atomic E-state index is 13.3. The first-order valence-electron chi connectivity index (χ1n) is 12.2. The van der Waals surface area contributed by atoms with Crippen molar-refractivity contribution in [2.75, 3.05) is 50.5 Å². The number of fused-ring (bicyclic) bond motifs is 1. The van der Waals surface area contributed by atoms with E-state index in [4.69, 9.17) is 4.74 Å². The molecule has 0 bridgehead atoms. The lowest BCUT2D eigenvalue weighted by molar-refractivity contribution is 0.0754. The Labute approximate surface area is 220 Å². The number of hydrogen-bond donors (Lipinski definition) is 2. The first-order valence-corrected chi connectivity index (χ1v) is 12.2. The molecule has 2 aromatic carbocycles. The summed E-state index contributed by atoms with van der Waals surface area (Å²) in [4.78, 5) is 26.0. The number of carbonyl (C=O) groups excluding carboxylic acids is 1. The van der Waals surface area contributed by atoms with Crippen molar-refractivity contribution in [2.45, 2.75) is 26.0 Å². The normalized spacial score (nSPS) is 13.9. The fourth-order valence-electron chi connectivity index (χ4n) is 4.15. The summed E-state index contributed by atoms with van der Waals surface area (Å²) in [6, 6.07) is 18.3. The van der Waals surface area contributed by atoms with Gasteiger partial charge in [0.15, 0.2) is 0 Å². The van der Waals surface area contributed by atoms with Crippen LogP contribution in [-0.2, 0) is 6.54 Å². The molecule has 4 rings (SSSR count). The van der Waals surface area contributed by atoms with E-state index in [9.17, 15) is 4.79 Å². The van der Waals surface area contributed by atoms with Crippen LogP contribution in [0.1, 0.15) is 40.9 Å². The minimum absolute atomic E-state index is 0. The van der Waals surface area contributed by atoms with E-state index in [1.807, 2.05) is 73.3 Å². The van der Waals surface area contributed by atoms with Gasteiger partial charge in [-0.2, -0.15) is 18.5 Å². The second kappa shape index (κ2) is 13.1. The number of nitrogens with zero attached hydrogens (tertiary/aromatic N) is 4. The summed E-state index contributed by atoms with van der Waals surface area (Å²) in [6.45, 7) is 5.41. The summed E-state index contributed by atoms with van der Waals surface area (Å²) < 4.78 is 6.33. The number of rotatable bonds is 10. The molecular formula is C27H36N6O2S. The highest BCUT2D eigenvalue weighted by Crippen LogP contribution is 2.27. The third kappa shape index (κ3) is 6.67. The number of anilines is 2. The Bertz CT molecular complexity index is 1110. The van der Waals surface area contributed by atoms with E-state index in [1.54, 1.807) is 6.20 Å². The molecule has 192 valence electrons. The predicted octanol–water partition coefficient (Wildman–Crippen LogP) is 3.84. The fraction of sp³-hybridized carbons (Fsp3) is 0.370. The van der Waals surface area contributed by atoms with Crippen molar-refractivity contribution >= 4 is 31.2 Å². The van der Waals surface area contributed by atoms with Crippen LogP contribution >= 0.6 is 13.5 Å². The molecule has 0 fully saturated rings. The average Bonchev–Trinajstić information content (AvgIpc) is 3.00. The summed E-state index contributed by atoms with van der Waals surface area (Å²) >= 11 is 0. The van der Waals surface area contributed by atoms with Gasteiger partial charge in [-0.1, -0.05) is 42.5 Å². The molecule has 0 aliphatic carbocycles. The van der Waals surface area contributed by atoms with Crippen molar-refractivity contribution in [1.29, 1.82) is 0 Å². The molecule has 2 N–H and O–H groups in total. The van der Waals surface area contributed by atoms with E-state index in [1.165, 1.54) is 0 Å². The Balaban J connectivity index is 0.00000361. The maximum absolute atomic E-state index is 13.3. The number of likely N-dealkylation sites (N-methyl/N-ethyl adjacent to an activating group) is 1. The second-order valence-electron chi connectivity index (χ2n) is 8.66. The molecule has 2 heterocycles. The van der Waals surface area contributed by atoms with Gasteiger partial charge in [0, 0.05) is 45.8 Å². The Morgan fingerprint density at radius 3 is 2.53 bits per heavy atom. The Morgan fingerprint density at radius 2 is 1.83 bits per heavy atom. The number of aromatic nitrogens is 2. The van der Waals surface area contributed by atoms with Gasteiger partial charge in [-0.25, -0.2) is 4.98 Å². The van der Waals surface area contributed by atoms with Gasteiger partial charge in [0.1, 0.15) is 23.2 Å². The zero-order chi connectivity index (χ0) is 24.6. The van der Waals surface area contributed by atoms with Crippen LogP contribution < -0.4 is 20.3 Å². The summed E-state index contributed by atoms with van der Waals surface area (Å²) in [6.07, 6.45) is 2.47. The zero-order valence-electron chi connectivity index (χ0n) is 21.2. The molecule has 1 atom stereocenters. The number of nitrogens with one attached hydrogen (secondary N) is 2. The van der Waals surface area contributed by atoms with Crippen molar-refractivity contribution in [3.8, 4) is 5.75 Å². The second-order valence-corrected chi connectivity index (χ2v) is 8.66. The van der Waals surface area contributed by atoms with Crippen LogP contribution in [0.15, 0.2) is 60.8 Å². The van der Waals surface area contributed by atoms with Gasteiger partial charge in [-0.15, -0.1) is 0 Å². The molecule has 9 heteroatoms.